The van der Waals surface area contributed by atoms with E-state index in [1.165, 1.54) is 26.2 Å². The molecule has 1 aromatic carbocycles. The standard InChI is InChI=1S/C14H17NO6/c1-19-10-6-8(7-11(20-2)13(10)21-3)15-9(14(17)18)4-5-12(15)16/h6-7,9H,4-5H2,1-3H3,(H,17,18). The molecule has 1 fully saturated rings. The lowest BCUT2D eigenvalue weighted by Gasteiger charge is -2.23. The van der Waals surface area contributed by atoms with Crippen LogP contribution in [0.15, 0.2) is 12.1 Å². The maximum absolute atomic E-state index is 12.0. The number of anilines is 1. The molecule has 1 aromatic rings. The van der Waals surface area contributed by atoms with Crippen LogP contribution >= 0.6 is 0 Å². The van der Waals surface area contributed by atoms with Crippen molar-refractivity contribution < 1.29 is 28.9 Å². The average Bonchev–Trinajstić information content (AvgIpc) is 2.87. The number of hydrogen-bond acceptors (Lipinski definition) is 5. The molecule has 1 heterocycles. The maximum atomic E-state index is 12.0. The van der Waals surface area contributed by atoms with Crippen molar-refractivity contribution >= 4 is 17.6 Å². The van der Waals surface area contributed by atoms with Gasteiger partial charge in [-0.25, -0.2) is 4.79 Å². The minimum atomic E-state index is -1.03. The Balaban J connectivity index is 2.52. The molecule has 1 aliphatic rings. The number of amides is 1. The molecular weight excluding hydrogens is 278 g/mol. The highest BCUT2D eigenvalue weighted by Gasteiger charge is 2.37. The first-order chi connectivity index (χ1) is 10.0. The highest BCUT2D eigenvalue weighted by atomic mass is 16.5. The summed E-state index contributed by atoms with van der Waals surface area (Å²) in [6.07, 6.45) is 0.485. The first-order valence-electron chi connectivity index (χ1n) is 6.38. The molecular formula is C14H17NO6. The number of carbonyl (C=O) groups is 2. The van der Waals surface area contributed by atoms with Gasteiger partial charge in [-0.15, -0.1) is 0 Å². The first kappa shape index (κ1) is 15.0. The minimum absolute atomic E-state index is 0.202. The number of carboxylic acid groups (broad SMARTS) is 1. The van der Waals surface area contributed by atoms with E-state index in [4.69, 9.17) is 14.2 Å². The molecule has 0 saturated carbocycles. The van der Waals surface area contributed by atoms with E-state index in [1.807, 2.05) is 0 Å². The molecule has 0 bridgehead atoms. The van der Waals surface area contributed by atoms with Gasteiger partial charge >= 0.3 is 5.97 Å². The Bertz CT molecular complexity index is 546. The molecule has 0 spiro atoms. The number of aliphatic carboxylic acids is 1. The van der Waals surface area contributed by atoms with E-state index in [1.54, 1.807) is 12.1 Å². The summed E-state index contributed by atoms with van der Waals surface area (Å²) >= 11 is 0. The fraction of sp³-hybridized carbons (Fsp3) is 0.429. The zero-order chi connectivity index (χ0) is 15.6. The lowest BCUT2D eigenvalue weighted by molar-refractivity contribution is -0.138. The summed E-state index contributed by atoms with van der Waals surface area (Å²) in [6.45, 7) is 0. The van der Waals surface area contributed by atoms with Crippen molar-refractivity contribution in [3.8, 4) is 17.2 Å². The molecule has 0 aliphatic carbocycles. The van der Waals surface area contributed by atoms with Crippen LogP contribution in [-0.4, -0.2) is 44.4 Å². The summed E-state index contributed by atoms with van der Waals surface area (Å²) in [5.74, 6) is -0.139. The fourth-order valence-corrected chi connectivity index (χ4v) is 2.45. The van der Waals surface area contributed by atoms with Crippen LogP contribution in [0.1, 0.15) is 12.8 Å². The Hall–Kier alpha value is -2.44. The molecule has 114 valence electrons. The average molecular weight is 295 g/mol. The predicted octanol–water partition coefficient (Wildman–Crippen LogP) is 1.29. The van der Waals surface area contributed by atoms with E-state index >= 15 is 0 Å². The largest absolute Gasteiger partial charge is 0.493 e. The Labute approximate surface area is 122 Å². The molecule has 1 unspecified atom stereocenters. The van der Waals surface area contributed by atoms with Gasteiger partial charge in [0, 0.05) is 18.6 Å². The van der Waals surface area contributed by atoms with Gasteiger partial charge in [0.15, 0.2) is 11.5 Å². The third-order valence-corrected chi connectivity index (χ3v) is 3.42. The van der Waals surface area contributed by atoms with E-state index in [0.717, 1.165) is 0 Å². The molecule has 21 heavy (non-hydrogen) atoms. The van der Waals surface area contributed by atoms with Gasteiger partial charge < -0.3 is 19.3 Å². The molecule has 1 atom stereocenters. The summed E-state index contributed by atoms with van der Waals surface area (Å²) < 4.78 is 15.6. The Kier molecular flexibility index (Phi) is 4.21. The van der Waals surface area contributed by atoms with Gasteiger partial charge in [-0.05, 0) is 6.42 Å². The van der Waals surface area contributed by atoms with Gasteiger partial charge in [0.1, 0.15) is 6.04 Å². The number of hydrogen-bond donors (Lipinski definition) is 1. The van der Waals surface area contributed by atoms with E-state index < -0.39 is 12.0 Å². The van der Waals surface area contributed by atoms with Gasteiger partial charge in [0.25, 0.3) is 0 Å². The van der Waals surface area contributed by atoms with E-state index in [2.05, 4.69) is 0 Å². The second-order valence-electron chi connectivity index (χ2n) is 4.54. The SMILES string of the molecule is COc1cc(N2C(=O)CCC2C(=O)O)cc(OC)c1OC. The predicted molar refractivity (Wildman–Crippen MR) is 74.2 cm³/mol. The molecule has 1 N–H and O–H groups in total. The Morgan fingerprint density at radius 1 is 1.19 bits per heavy atom. The number of rotatable bonds is 5. The lowest BCUT2D eigenvalue weighted by Crippen LogP contribution is -2.38. The maximum Gasteiger partial charge on any atom is 0.326 e. The van der Waals surface area contributed by atoms with Gasteiger partial charge in [-0.2, -0.15) is 0 Å². The minimum Gasteiger partial charge on any atom is -0.493 e. The molecule has 1 saturated heterocycles. The zero-order valence-electron chi connectivity index (χ0n) is 12.1. The van der Waals surface area contributed by atoms with Gasteiger partial charge in [-0.3, -0.25) is 9.69 Å². The molecule has 0 aromatic heterocycles. The highest BCUT2D eigenvalue weighted by Crippen LogP contribution is 2.42. The topological polar surface area (TPSA) is 85.3 Å². The van der Waals surface area contributed by atoms with E-state index in [9.17, 15) is 14.7 Å². The molecule has 7 heteroatoms. The van der Waals surface area contributed by atoms with Gasteiger partial charge in [0.2, 0.25) is 11.7 Å². The zero-order valence-corrected chi connectivity index (χ0v) is 12.1. The molecule has 1 aliphatic heterocycles. The Morgan fingerprint density at radius 3 is 2.19 bits per heavy atom. The first-order valence-corrected chi connectivity index (χ1v) is 6.38. The fourth-order valence-electron chi connectivity index (χ4n) is 2.45. The summed E-state index contributed by atoms with van der Waals surface area (Å²) in [6, 6.07) is 2.27. The van der Waals surface area contributed by atoms with Crippen molar-refractivity contribution in [3.05, 3.63) is 12.1 Å². The third kappa shape index (κ3) is 2.58. The lowest BCUT2D eigenvalue weighted by atomic mass is 10.2. The van der Waals surface area contributed by atoms with Crippen molar-refractivity contribution in [1.29, 1.82) is 0 Å². The van der Waals surface area contributed by atoms with Crippen LogP contribution < -0.4 is 19.1 Å². The van der Waals surface area contributed by atoms with Gasteiger partial charge in [0.05, 0.1) is 27.0 Å². The van der Waals surface area contributed by atoms with Crippen molar-refractivity contribution in [2.45, 2.75) is 18.9 Å². The van der Waals surface area contributed by atoms with Crippen LogP contribution in [0.3, 0.4) is 0 Å². The number of carbonyl (C=O) groups excluding carboxylic acids is 1. The van der Waals surface area contributed by atoms with E-state index in [-0.39, 0.29) is 18.7 Å². The van der Waals surface area contributed by atoms with E-state index in [0.29, 0.717) is 22.9 Å². The van der Waals surface area contributed by atoms with Crippen molar-refractivity contribution in [2.24, 2.45) is 0 Å². The number of methoxy groups -OCH3 is 3. The number of ether oxygens (including phenoxy) is 3. The van der Waals surface area contributed by atoms with Crippen LogP contribution in [0.2, 0.25) is 0 Å². The number of benzene rings is 1. The summed E-state index contributed by atoms with van der Waals surface area (Å²) in [5.41, 5.74) is 0.416. The summed E-state index contributed by atoms with van der Waals surface area (Å²) in [5, 5.41) is 9.24. The molecule has 1 amide bonds. The normalized spacial score (nSPS) is 17.8. The second-order valence-corrected chi connectivity index (χ2v) is 4.54. The van der Waals surface area contributed by atoms with Gasteiger partial charge in [-0.1, -0.05) is 0 Å². The monoisotopic (exact) mass is 295 g/mol. The van der Waals surface area contributed by atoms with Crippen molar-refractivity contribution in [1.82, 2.24) is 0 Å². The van der Waals surface area contributed by atoms with Crippen molar-refractivity contribution in [3.63, 3.8) is 0 Å². The summed E-state index contributed by atoms with van der Waals surface area (Å²) in [7, 11) is 4.39. The summed E-state index contributed by atoms with van der Waals surface area (Å²) in [4.78, 5) is 24.5. The quantitative estimate of drug-likeness (QED) is 0.881. The Morgan fingerprint density at radius 2 is 1.76 bits per heavy atom. The number of carboxylic acids is 1. The molecule has 0 radical (unpaired) electrons. The van der Waals surface area contributed by atoms with Crippen LogP contribution in [0.5, 0.6) is 17.2 Å². The van der Waals surface area contributed by atoms with Crippen molar-refractivity contribution in [2.75, 3.05) is 26.2 Å². The number of nitrogens with zero attached hydrogens (tertiary/aromatic N) is 1. The van der Waals surface area contributed by atoms with Crippen LogP contribution in [0.25, 0.3) is 0 Å². The van der Waals surface area contributed by atoms with Crippen LogP contribution in [0, 0.1) is 0 Å². The second kappa shape index (κ2) is 5.90. The van der Waals surface area contributed by atoms with Crippen LogP contribution in [0.4, 0.5) is 5.69 Å². The molecule has 2 rings (SSSR count). The third-order valence-electron chi connectivity index (χ3n) is 3.42. The van der Waals surface area contributed by atoms with Crippen LogP contribution in [-0.2, 0) is 9.59 Å². The smallest absolute Gasteiger partial charge is 0.326 e. The highest BCUT2D eigenvalue weighted by molar-refractivity contribution is 6.02. The molecule has 7 nitrogen and oxygen atoms in total.